The number of carbonyl (C=O) groups is 2. The Morgan fingerprint density at radius 1 is 1.14 bits per heavy atom. The average molecular weight is 398 g/mol. The van der Waals surface area contributed by atoms with Gasteiger partial charge in [-0.15, -0.1) is 0 Å². The first-order valence-corrected chi connectivity index (χ1v) is 10.2. The first-order valence-electron chi connectivity index (χ1n) is 10.2. The number of aromatic nitrogens is 1. The van der Waals surface area contributed by atoms with Crippen molar-refractivity contribution in [3.05, 3.63) is 48.0 Å². The van der Waals surface area contributed by atoms with Crippen molar-refractivity contribution < 1.29 is 18.7 Å². The van der Waals surface area contributed by atoms with Gasteiger partial charge in [-0.3, -0.25) is 4.79 Å². The number of carbonyl (C=O) groups excluding carboxylic acids is 2. The third-order valence-corrected chi connectivity index (χ3v) is 5.35. The van der Waals surface area contributed by atoms with E-state index in [1.165, 1.54) is 6.42 Å². The second kappa shape index (κ2) is 8.98. The van der Waals surface area contributed by atoms with Crippen molar-refractivity contribution in [2.75, 3.05) is 26.2 Å². The summed E-state index contributed by atoms with van der Waals surface area (Å²) in [6.45, 7) is 2.96. The lowest BCUT2D eigenvalue weighted by Crippen LogP contribution is -2.39. The number of hydrogen-bond donors (Lipinski definition) is 1. The summed E-state index contributed by atoms with van der Waals surface area (Å²) in [5.74, 6) is 1.03. The van der Waals surface area contributed by atoms with E-state index in [0.29, 0.717) is 43.3 Å². The molecule has 0 bridgehead atoms. The smallest absolute Gasteiger partial charge is 0.317 e. The minimum atomic E-state index is -0.188. The molecule has 2 aliphatic heterocycles. The Balaban J connectivity index is 1.34. The predicted molar refractivity (Wildman–Crippen MR) is 106 cm³/mol. The van der Waals surface area contributed by atoms with E-state index in [1.54, 1.807) is 35.6 Å². The lowest BCUT2D eigenvalue weighted by atomic mass is 10.1. The topological polar surface area (TPSA) is 87.9 Å². The Hall–Kier alpha value is -3.03. The molecule has 8 nitrogen and oxygen atoms in total. The lowest BCUT2D eigenvalue weighted by molar-refractivity contribution is 0.0715. The Kier molecular flexibility index (Phi) is 5.97. The zero-order valence-electron chi connectivity index (χ0n) is 16.4. The van der Waals surface area contributed by atoms with Crippen LogP contribution in [0.25, 0.3) is 0 Å². The maximum absolute atomic E-state index is 12.9. The highest BCUT2D eigenvalue weighted by atomic mass is 16.5. The lowest BCUT2D eigenvalue weighted by Gasteiger charge is -2.27. The molecule has 2 saturated heterocycles. The minimum absolute atomic E-state index is 0.0288. The van der Waals surface area contributed by atoms with E-state index in [1.807, 2.05) is 11.0 Å². The molecule has 1 unspecified atom stereocenters. The fraction of sp³-hybridized carbons (Fsp3) is 0.476. The van der Waals surface area contributed by atoms with E-state index < -0.39 is 0 Å². The first-order chi connectivity index (χ1) is 14.2. The number of likely N-dealkylation sites (tertiary alicyclic amines) is 2. The molecule has 2 aromatic heterocycles. The summed E-state index contributed by atoms with van der Waals surface area (Å²) in [7, 11) is 0. The number of hydrogen-bond acceptors (Lipinski definition) is 5. The Bertz CT molecular complexity index is 833. The zero-order chi connectivity index (χ0) is 20.1. The van der Waals surface area contributed by atoms with Crippen molar-refractivity contribution in [1.82, 2.24) is 20.1 Å². The number of urea groups is 1. The van der Waals surface area contributed by atoms with Crippen LogP contribution < -0.4 is 10.1 Å². The summed E-state index contributed by atoms with van der Waals surface area (Å²) in [5.41, 5.74) is 0.495. The highest BCUT2D eigenvalue weighted by Gasteiger charge is 2.30. The van der Waals surface area contributed by atoms with Crippen LogP contribution in [0.2, 0.25) is 0 Å². The minimum Gasteiger partial charge on any atom is -0.472 e. The SMILES string of the molecule is O=C(NCc1ccco1)N1CCC(Oc2ncccc2C(=O)N2CCCCC2)C1. The van der Waals surface area contributed by atoms with Gasteiger partial charge in [0.25, 0.3) is 5.91 Å². The van der Waals surface area contributed by atoms with Crippen molar-refractivity contribution in [2.24, 2.45) is 0 Å². The zero-order valence-corrected chi connectivity index (χ0v) is 16.4. The van der Waals surface area contributed by atoms with E-state index in [2.05, 4.69) is 10.3 Å². The van der Waals surface area contributed by atoms with Gasteiger partial charge in [-0.25, -0.2) is 9.78 Å². The number of nitrogens with one attached hydrogen (secondary N) is 1. The van der Waals surface area contributed by atoms with Gasteiger partial charge in [0.15, 0.2) is 0 Å². The maximum atomic E-state index is 12.9. The number of pyridine rings is 1. The third kappa shape index (κ3) is 4.70. The van der Waals surface area contributed by atoms with Crippen molar-refractivity contribution in [1.29, 1.82) is 0 Å². The van der Waals surface area contributed by atoms with Gasteiger partial charge in [-0.2, -0.15) is 0 Å². The number of furan rings is 1. The molecule has 3 amide bonds. The molecule has 0 radical (unpaired) electrons. The number of piperidine rings is 1. The van der Waals surface area contributed by atoms with Crippen LogP contribution in [-0.2, 0) is 6.54 Å². The molecule has 0 aliphatic carbocycles. The molecule has 2 fully saturated rings. The van der Waals surface area contributed by atoms with Gasteiger partial charge >= 0.3 is 6.03 Å². The van der Waals surface area contributed by atoms with Gasteiger partial charge in [0.05, 0.1) is 19.4 Å². The fourth-order valence-corrected chi connectivity index (χ4v) is 3.77. The van der Waals surface area contributed by atoms with Crippen molar-refractivity contribution in [3.8, 4) is 5.88 Å². The number of nitrogens with zero attached hydrogens (tertiary/aromatic N) is 3. The largest absolute Gasteiger partial charge is 0.472 e. The summed E-state index contributed by atoms with van der Waals surface area (Å²) in [4.78, 5) is 33.1. The highest BCUT2D eigenvalue weighted by molar-refractivity contribution is 5.96. The normalized spacial score (nSPS) is 19.2. The summed E-state index contributed by atoms with van der Waals surface area (Å²) in [6, 6.07) is 6.97. The number of amides is 3. The molecule has 4 heterocycles. The molecule has 1 atom stereocenters. The standard InChI is InChI=1S/C21H26N4O4/c26-20(24-10-2-1-3-11-24)18-7-4-9-22-19(18)29-17-8-12-25(15-17)21(27)23-14-16-6-5-13-28-16/h4-7,9,13,17H,1-3,8,10-12,14-15H2,(H,23,27). The molecule has 29 heavy (non-hydrogen) atoms. The Labute approximate surface area is 169 Å². The van der Waals surface area contributed by atoms with E-state index in [9.17, 15) is 9.59 Å². The van der Waals surface area contributed by atoms with Crippen LogP contribution in [0.1, 0.15) is 41.8 Å². The molecule has 1 N–H and O–H groups in total. The van der Waals surface area contributed by atoms with E-state index >= 15 is 0 Å². The predicted octanol–water partition coefficient (Wildman–Crippen LogP) is 2.66. The quantitative estimate of drug-likeness (QED) is 0.837. The van der Waals surface area contributed by atoms with Crippen molar-refractivity contribution in [3.63, 3.8) is 0 Å². The van der Waals surface area contributed by atoms with Crippen LogP contribution in [0.15, 0.2) is 41.1 Å². The van der Waals surface area contributed by atoms with Gasteiger partial charge in [-0.05, 0) is 43.5 Å². The van der Waals surface area contributed by atoms with Crippen molar-refractivity contribution in [2.45, 2.75) is 38.3 Å². The van der Waals surface area contributed by atoms with Gasteiger partial charge in [0, 0.05) is 32.3 Å². The van der Waals surface area contributed by atoms with E-state index in [0.717, 1.165) is 25.9 Å². The first kappa shape index (κ1) is 19.3. The molecule has 0 aromatic carbocycles. The molecule has 2 aromatic rings. The summed E-state index contributed by atoms with van der Waals surface area (Å²) in [6.07, 6.45) is 6.95. The molecular weight excluding hydrogens is 372 g/mol. The van der Waals surface area contributed by atoms with Gasteiger partial charge in [-0.1, -0.05) is 0 Å². The summed E-state index contributed by atoms with van der Waals surface area (Å²) in [5, 5.41) is 2.85. The molecule has 2 aliphatic rings. The van der Waals surface area contributed by atoms with E-state index in [4.69, 9.17) is 9.15 Å². The number of rotatable bonds is 5. The van der Waals surface area contributed by atoms with Crippen LogP contribution in [0.5, 0.6) is 5.88 Å². The van der Waals surface area contributed by atoms with Crippen LogP contribution in [0.3, 0.4) is 0 Å². The molecule has 154 valence electrons. The molecule has 0 spiro atoms. The Morgan fingerprint density at radius 3 is 2.79 bits per heavy atom. The van der Waals surface area contributed by atoms with Gasteiger partial charge < -0.3 is 24.3 Å². The average Bonchev–Trinajstić information content (AvgIpc) is 3.45. The maximum Gasteiger partial charge on any atom is 0.317 e. The molecule has 8 heteroatoms. The van der Waals surface area contributed by atoms with Gasteiger partial charge in [0.1, 0.15) is 17.4 Å². The van der Waals surface area contributed by atoms with Crippen LogP contribution >= 0.6 is 0 Å². The fourth-order valence-electron chi connectivity index (χ4n) is 3.77. The number of ether oxygens (including phenoxy) is 1. The van der Waals surface area contributed by atoms with Crippen LogP contribution in [-0.4, -0.2) is 59.0 Å². The molecule has 0 saturated carbocycles. The van der Waals surface area contributed by atoms with Crippen molar-refractivity contribution >= 4 is 11.9 Å². The van der Waals surface area contributed by atoms with Gasteiger partial charge in [0.2, 0.25) is 5.88 Å². The summed E-state index contributed by atoms with van der Waals surface area (Å²) >= 11 is 0. The Morgan fingerprint density at radius 2 is 2.00 bits per heavy atom. The van der Waals surface area contributed by atoms with Crippen LogP contribution in [0.4, 0.5) is 4.79 Å². The monoisotopic (exact) mass is 398 g/mol. The summed E-state index contributed by atoms with van der Waals surface area (Å²) < 4.78 is 11.3. The second-order valence-corrected chi connectivity index (χ2v) is 7.42. The molecular formula is C21H26N4O4. The highest BCUT2D eigenvalue weighted by Crippen LogP contribution is 2.23. The third-order valence-electron chi connectivity index (χ3n) is 5.35. The molecule has 4 rings (SSSR count). The second-order valence-electron chi connectivity index (χ2n) is 7.42. The van der Waals surface area contributed by atoms with Crippen LogP contribution in [0, 0.1) is 0 Å². The van der Waals surface area contributed by atoms with E-state index in [-0.39, 0.29) is 18.0 Å².